The predicted molar refractivity (Wildman–Crippen MR) is 106 cm³/mol. The summed E-state index contributed by atoms with van der Waals surface area (Å²) in [6.07, 6.45) is 5.06. The van der Waals surface area contributed by atoms with Gasteiger partial charge in [0.2, 0.25) is 10.0 Å². The third-order valence-electron chi connectivity index (χ3n) is 5.07. The Balaban J connectivity index is 1.60. The lowest BCUT2D eigenvalue weighted by atomic mass is 9.91. The van der Waals surface area contributed by atoms with Crippen LogP contribution < -0.4 is 10.0 Å². The topological polar surface area (TPSA) is 58.2 Å². The fourth-order valence-corrected chi connectivity index (χ4v) is 4.86. The zero-order valence-electron chi connectivity index (χ0n) is 15.3. The highest BCUT2D eigenvalue weighted by atomic mass is 32.2. The van der Waals surface area contributed by atoms with Crippen molar-refractivity contribution in [3.05, 3.63) is 65.7 Å². The van der Waals surface area contributed by atoms with E-state index in [1.165, 1.54) is 5.56 Å². The van der Waals surface area contributed by atoms with Crippen LogP contribution in [0.15, 0.2) is 59.5 Å². The van der Waals surface area contributed by atoms with E-state index in [9.17, 15) is 8.42 Å². The minimum absolute atomic E-state index is 0.0502. The van der Waals surface area contributed by atoms with Gasteiger partial charge in [-0.15, -0.1) is 0 Å². The summed E-state index contributed by atoms with van der Waals surface area (Å²) in [6, 6.07) is 17.5. The van der Waals surface area contributed by atoms with Gasteiger partial charge in [0.1, 0.15) is 0 Å². The number of hydrogen-bond acceptors (Lipinski definition) is 3. The predicted octanol–water partition coefficient (Wildman–Crippen LogP) is 3.42. The molecule has 140 valence electrons. The smallest absolute Gasteiger partial charge is 0.240 e. The van der Waals surface area contributed by atoms with Gasteiger partial charge in [0, 0.05) is 12.1 Å². The summed E-state index contributed by atoms with van der Waals surface area (Å²) < 4.78 is 28.4. The van der Waals surface area contributed by atoms with Crippen LogP contribution >= 0.6 is 0 Å². The molecule has 0 unspecified atom stereocenters. The van der Waals surface area contributed by atoms with Gasteiger partial charge >= 0.3 is 0 Å². The van der Waals surface area contributed by atoms with Gasteiger partial charge in [-0.25, -0.2) is 13.1 Å². The summed E-state index contributed by atoms with van der Waals surface area (Å²) in [5.41, 5.74) is 2.36. The fraction of sp³-hybridized carbons (Fsp3) is 0.429. The van der Waals surface area contributed by atoms with Crippen molar-refractivity contribution in [3.63, 3.8) is 0 Å². The minimum Gasteiger partial charge on any atom is -0.312 e. The number of rotatable bonds is 7. The number of benzene rings is 2. The second-order valence-electron chi connectivity index (χ2n) is 7.12. The van der Waals surface area contributed by atoms with Crippen molar-refractivity contribution in [2.45, 2.75) is 56.0 Å². The maximum absolute atomic E-state index is 12.7. The van der Waals surface area contributed by atoms with Crippen LogP contribution in [0.25, 0.3) is 0 Å². The Morgan fingerprint density at radius 2 is 1.58 bits per heavy atom. The molecule has 0 spiro atoms. The number of hydrogen-bond donors (Lipinski definition) is 2. The second-order valence-corrected chi connectivity index (χ2v) is 8.84. The monoisotopic (exact) mass is 372 g/mol. The van der Waals surface area contributed by atoms with Gasteiger partial charge in [0.15, 0.2) is 0 Å². The molecule has 1 aliphatic carbocycles. The Morgan fingerprint density at radius 3 is 2.27 bits per heavy atom. The van der Waals surface area contributed by atoms with Crippen LogP contribution in [0.4, 0.5) is 0 Å². The van der Waals surface area contributed by atoms with Crippen LogP contribution in [0.3, 0.4) is 0 Å². The average molecular weight is 373 g/mol. The summed E-state index contributed by atoms with van der Waals surface area (Å²) in [5, 5.41) is 3.58. The van der Waals surface area contributed by atoms with Crippen molar-refractivity contribution in [3.8, 4) is 0 Å². The van der Waals surface area contributed by atoms with E-state index in [0.717, 1.165) is 44.2 Å². The van der Waals surface area contributed by atoms with E-state index in [-0.39, 0.29) is 12.1 Å². The molecular weight excluding hydrogens is 344 g/mol. The zero-order valence-corrected chi connectivity index (χ0v) is 16.1. The van der Waals surface area contributed by atoms with E-state index in [4.69, 9.17) is 0 Å². The molecule has 5 heteroatoms. The first-order valence-corrected chi connectivity index (χ1v) is 10.9. The molecule has 2 aromatic carbocycles. The lowest BCUT2D eigenvalue weighted by Crippen LogP contribution is -2.51. The van der Waals surface area contributed by atoms with Crippen molar-refractivity contribution in [2.75, 3.05) is 6.54 Å². The van der Waals surface area contributed by atoms with E-state index in [1.54, 1.807) is 12.1 Å². The third kappa shape index (κ3) is 5.16. The number of aryl methyl sites for hydroxylation is 1. The van der Waals surface area contributed by atoms with Gasteiger partial charge in [-0.3, -0.25) is 0 Å². The van der Waals surface area contributed by atoms with Gasteiger partial charge in [0.25, 0.3) is 0 Å². The maximum Gasteiger partial charge on any atom is 0.240 e. The summed E-state index contributed by atoms with van der Waals surface area (Å²) in [4.78, 5) is 0.344. The highest BCUT2D eigenvalue weighted by molar-refractivity contribution is 7.89. The molecule has 0 bridgehead atoms. The Kier molecular flexibility index (Phi) is 6.46. The molecule has 0 aliphatic heterocycles. The van der Waals surface area contributed by atoms with Gasteiger partial charge < -0.3 is 5.32 Å². The largest absolute Gasteiger partial charge is 0.312 e. The normalized spacial score (nSPS) is 20.8. The van der Waals surface area contributed by atoms with Gasteiger partial charge in [-0.05, 0) is 50.4 Å². The highest BCUT2D eigenvalue weighted by Crippen LogP contribution is 2.21. The molecule has 4 nitrogen and oxygen atoms in total. The SMILES string of the molecule is Cc1ccc(S(=O)(=O)N[C@@H]2CCCC[C@H]2NCCc2ccccc2)cc1. The van der Waals surface area contributed by atoms with Crippen LogP contribution in [0, 0.1) is 6.92 Å². The Hall–Kier alpha value is -1.69. The van der Waals surface area contributed by atoms with Gasteiger partial charge in [0.05, 0.1) is 4.90 Å². The highest BCUT2D eigenvalue weighted by Gasteiger charge is 2.29. The number of nitrogens with one attached hydrogen (secondary N) is 2. The second kappa shape index (κ2) is 8.80. The number of sulfonamides is 1. The zero-order chi connectivity index (χ0) is 18.4. The molecule has 0 saturated heterocycles. The van der Waals surface area contributed by atoms with E-state index in [0.29, 0.717) is 4.90 Å². The first-order chi connectivity index (χ1) is 12.5. The molecule has 2 aromatic rings. The Bertz CT molecular complexity index is 789. The fourth-order valence-electron chi connectivity index (χ4n) is 3.55. The quantitative estimate of drug-likeness (QED) is 0.783. The molecule has 0 radical (unpaired) electrons. The lowest BCUT2D eigenvalue weighted by Gasteiger charge is -2.32. The van der Waals surface area contributed by atoms with Gasteiger partial charge in [-0.1, -0.05) is 60.9 Å². The Labute approximate surface area is 157 Å². The molecule has 2 N–H and O–H groups in total. The molecule has 1 aliphatic rings. The van der Waals surface area contributed by atoms with Crippen LogP contribution in [-0.2, 0) is 16.4 Å². The molecule has 26 heavy (non-hydrogen) atoms. The third-order valence-corrected chi connectivity index (χ3v) is 6.57. The molecule has 0 aromatic heterocycles. The summed E-state index contributed by atoms with van der Waals surface area (Å²) in [6.45, 7) is 2.81. The first-order valence-electron chi connectivity index (χ1n) is 9.41. The summed E-state index contributed by atoms with van der Waals surface area (Å²) in [5.74, 6) is 0. The van der Waals surface area contributed by atoms with E-state index in [2.05, 4.69) is 34.3 Å². The molecule has 0 heterocycles. The van der Waals surface area contributed by atoms with E-state index >= 15 is 0 Å². The summed E-state index contributed by atoms with van der Waals surface area (Å²) in [7, 11) is -3.48. The van der Waals surface area contributed by atoms with Crippen molar-refractivity contribution in [2.24, 2.45) is 0 Å². The van der Waals surface area contributed by atoms with Crippen molar-refractivity contribution in [1.29, 1.82) is 0 Å². The minimum atomic E-state index is -3.48. The molecule has 1 saturated carbocycles. The van der Waals surface area contributed by atoms with Crippen LogP contribution in [0.2, 0.25) is 0 Å². The molecular formula is C21H28N2O2S. The molecule has 3 rings (SSSR count). The van der Waals surface area contributed by atoms with Crippen molar-refractivity contribution >= 4 is 10.0 Å². The standard InChI is InChI=1S/C21H28N2O2S/c1-17-11-13-19(14-12-17)26(24,25)23-21-10-6-5-9-20(21)22-16-15-18-7-3-2-4-8-18/h2-4,7-8,11-14,20-23H,5-6,9-10,15-16H2,1H3/t20-,21-/m1/s1. The van der Waals surface area contributed by atoms with Crippen LogP contribution in [0.1, 0.15) is 36.8 Å². The molecule has 2 atom stereocenters. The molecule has 0 amide bonds. The van der Waals surface area contributed by atoms with E-state index < -0.39 is 10.0 Å². The van der Waals surface area contributed by atoms with E-state index in [1.807, 2.05) is 25.1 Å². The average Bonchev–Trinajstić information content (AvgIpc) is 2.64. The van der Waals surface area contributed by atoms with Crippen molar-refractivity contribution in [1.82, 2.24) is 10.0 Å². The summed E-state index contributed by atoms with van der Waals surface area (Å²) >= 11 is 0. The van der Waals surface area contributed by atoms with Crippen LogP contribution in [-0.4, -0.2) is 27.0 Å². The van der Waals surface area contributed by atoms with Gasteiger partial charge in [-0.2, -0.15) is 0 Å². The maximum atomic E-state index is 12.7. The van der Waals surface area contributed by atoms with Crippen LogP contribution in [0.5, 0.6) is 0 Å². The van der Waals surface area contributed by atoms with Crippen molar-refractivity contribution < 1.29 is 8.42 Å². The first kappa shape index (κ1) is 19.1. The lowest BCUT2D eigenvalue weighted by molar-refractivity contribution is 0.311. The Morgan fingerprint density at radius 1 is 0.923 bits per heavy atom. The molecule has 1 fully saturated rings.